The van der Waals surface area contributed by atoms with Crippen LogP contribution in [0.5, 0.6) is 0 Å². The fourth-order valence-electron chi connectivity index (χ4n) is 2.62. The van der Waals surface area contributed by atoms with E-state index in [0.29, 0.717) is 26.3 Å². The normalized spacial score (nSPS) is 18.2. The molecule has 0 aromatic carbocycles. The van der Waals surface area contributed by atoms with E-state index in [1.165, 1.54) is 0 Å². The van der Waals surface area contributed by atoms with Crippen LogP contribution < -0.4 is 5.32 Å². The summed E-state index contributed by atoms with van der Waals surface area (Å²) in [5.74, 6) is 0. The number of urea groups is 1. The van der Waals surface area contributed by atoms with Gasteiger partial charge in [0.2, 0.25) is 0 Å². The molecule has 7 nitrogen and oxygen atoms in total. The minimum Gasteiger partial charge on any atom is -0.377 e. The van der Waals surface area contributed by atoms with Crippen LogP contribution in [-0.4, -0.2) is 52.0 Å². The lowest BCUT2D eigenvalue weighted by molar-refractivity contribution is 0.0116. The van der Waals surface area contributed by atoms with Crippen LogP contribution in [0.3, 0.4) is 0 Å². The van der Waals surface area contributed by atoms with Crippen molar-refractivity contribution < 1.29 is 9.53 Å². The number of hydrogen-bond donors (Lipinski definition) is 1. The number of aromatic nitrogens is 3. The number of carbonyl (C=O) groups excluding carboxylic acids is 1. The van der Waals surface area contributed by atoms with Crippen LogP contribution >= 0.6 is 11.3 Å². The molecule has 1 fully saturated rings. The topological polar surface area (TPSA) is 72.3 Å². The van der Waals surface area contributed by atoms with E-state index in [2.05, 4.69) is 15.4 Å². The molecule has 23 heavy (non-hydrogen) atoms. The van der Waals surface area contributed by atoms with Gasteiger partial charge in [0.25, 0.3) is 0 Å². The fourth-order valence-corrected chi connectivity index (χ4v) is 3.52. The molecule has 1 aliphatic heterocycles. The van der Waals surface area contributed by atoms with Crippen molar-refractivity contribution in [1.82, 2.24) is 25.0 Å². The highest BCUT2D eigenvalue weighted by Gasteiger charge is 2.30. The Kier molecular flexibility index (Phi) is 4.92. The van der Waals surface area contributed by atoms with Gasteiger partial charge in [-0.3, -0.25) is 4.68 Å². The van der Waals surface area contributed by atoms with Gasteiger partial charge >= 0.3 is 6.03 Å². The molecule has 0 unspecified atom stereocenters. The van der Waals surface area contributed by atoms with Crippen LogP contribution in [0.1, 0.15) is 22.4 Å². The first-order valence-corrected chi connectivity index (χ1v) is 8.54. The molecule has 1 aliphatic rings. The lowest BCUT2D eigenvalue weighted by atomic mass is 10.2. The summed E-state index contributed by atoms with van der Waals surface area (Å²) in [5, 5.41) is 10.1. The van der Waals surface area contributed by atoms with Gasteiger partial charge in [-0.2, -0.15) is 5.10 Å². The summed E-state index contributed by atoms with van der Waals surface area (Å²) in [6, 6.07) is 1.80. The fraction of sp³-hybridized carbons (Fsp3) is 0.533. The first kappa shape index (κ1) is 15.9. The molecular weight excluding hydrogens is 314 g/mol. The Hall–Kier alpha value is -1.93. The third kappa shape index (κ3) is 3.70. The highest BCUT2D eigenvalue weighted by Crippen LogP contribution is 2.26. The molecule has 0 radical (unpaired) electrons. The molecule has 1 atom stereocenters. The first-order valence-electron chi connectivity index (χ1n) is 7.66. The van der Waals surface area contributed by atoms with Crippen LogP contribution in [-0.2, 0) is 18.2 Å². The van der Waals surface area contributed by atoms with E-state index in [1.807, 2.05) is 35.0 Å². The Morgan fingerprint density at radius 3 is 3.13 bits per heavy atom. The summed E-state index contributed by atoms with van der Waals surface area (Å²) in [4.78, 5) is 18.8. The molecular formula is C15H21N5O2S. The maximum atomic E-state index is 12.5. The van der Waals surface area contributed by atoms with Crippen LogP contribution in [0.2, 0.25) is 0 Å². The van der Waals surface area contributed by atoms with Crippen molar-refractivity contribution in [2.75, 3.05) is 26.3 Å². The Labute approximate surface area is 139 Å². The Balaban J connectivity index is 1.59. The second-order valence-electron chi connectivity index (χ2n) is 5.54. The van der Waals surface area contributed by atoms with Gasteiger partial charge < -0.3 is 15.0 Å². The first-order chi connectivity index (χ1) is 11.1. The summed E-state index contributed by atoms with van der Waals surface area (Å²) in [5.41, 5.74) is 2.08. The predicted octanol–water partition coefficient (Wildman–Crippen LogP) is 1.51. The van der Waals surface area contributed by atoms with Crippen molar-refractivity contribution in [3.63, 3.8) is 0 Å². The highest BCUT2D eigenvalue weighted by molar-refractivity contribution is 7.09. The molecule has 3 heterocycles. The van der Waals surface area contributed by atoms with Gasteiger partial charge in [-0.15, -0.1) is 11.3 Å². The van der Waals surface area contributed by atoms with Crippen molar-refractivity contribution in [1.29, 1.82) is 0 Å². The van der Waals surface area contributed by atoms with E-state index in [4.69, 9.17) is 4.74 Å². The molecule has 1 saturated heterocycles. The Bertz CT molecular complexity index is 668. The molecule has 0 bridgehead atoms. The number of rotatable bonds is 4. The Morgan fingerprint density at radius 1 is 1.57 bits per heavy atom. The average molecular weight is 335 g/mol. The number of amides is 2. The zero-order valence-electron chi connectivity index (χ0n) is 13.4. The summed E-state index contributed by atoms with van der Waals surface area (Å²) >= 11 is 1.58. The van der Waals surface area contributed by atoms with E-state index in [-0.39, 0.29) is 12.1 Å². The summed E-state index contributed by atoms with van der Waals surface area (Å²) in [6.45, 7) is 4.19. The highest BCUT2D eigenvalue weighted by atomic mass is 32.1. The molecule has 2 aromatic rings. The van der Waals surface area contributed by atoms with Gasteiger partial charge in [0.1, 0.15) is 11.0 Å². The number of morpholine rings is 1. The predicted molar refractivity (Wildman–Crippen MR) is 87.4 cm³/mol. The lowest BCUT2D eigenvalue weighted by Gasteiger charge is -2.34. The van der Waals surface area contributed by atoms with Crippen molar-refractivity contribution >= 4 is 17.4 Å². The SMILES string of the molecule is Cc1csc([C@@H]2COCCN2C(=O)NCCc2ccnn2C)n1. The number of hydrogen-bond acceptors (Lipinski definition) is 5. The lowest BCUT2D eigenvalue weighted by Crippen LogP contribution is -2.48. The summed E-state index contributed by atoms with van der Waals surface area (Å²) < 4.78 is 7.36. The number of ether oxygens (including phenoxy) is 1. The van der Waals surface area contributed by atoms with Crippen molar-refractivity contribution in [2.45, 2.75) is 19.4 Å². The van der Waals surface area contributed by atoms with Gasteiger partial charge in [0, 0.05) is 49.5 Å². The zero-order chi connectivity index (χ0) is 16.2. The second kappa shape index (κ2) is 7.10. The largest absolute Gasteiger partial charge is 0.377 e. The maximum absolute atomic E-state index is 12.5. The smallest absolute Gasteiger partial charge is 0.318 e. The van der Waals surface area contributed by atoms with E-state index in [1.54, 1.807) is 17.5 Å². The van der Waals surface area contributed by atoms with Gasteiger partial charge in [-0.25, -0.2) is 9.78 Å². The molecule has 0 aliphatic carbocycles. The quantitative estimate of drug-likeness (QED) is 0.919. The van der Waals surface area contributed by atoms with Crippen molar-refractivity contribution in [3.05, 3.63) is 34.0 Å². The van der Waals surface area contributed by atoms with Crippen LogP contribution in [0.4, 0.5) is 4.79 Å². The molecule has 3 rings (SSSR count). The third-order valence-electron chi connectivity index (χ3n) is 3.89. The molecule has 0 saturated carbocycles. The molecule has 1 N–H and O–H groups in total. The molecule has 124 valence electrons. The minimum absolute atomic E-state index is 0.0617. The van der Waals surface area contributed by atoms with Gasteiger partial charge in [-0.05, 0) is 13.0 Å². The summed E-state index contributed by atoms with van der Waals surface area (Å²) in [6.07, 6.45) is 2.52. The Morgan fingerprint density at radius 2 is 2.43 bits per heavy atom. The molecule has 2 amide bonds. The van der Waals surface area contributed by atoms with Crippen molar-refractivity contribution in [3.8, 4) is 0 Å². The standard InChI is InChI=1S/C15H21N5O2S/c1-11-10-23-14(18-11)13-9-22-8-7-20(13)15(21)16-5-3-12-4-6-17-19(12)2/h4,6,10,13H,3,5,7-9H2,1-2H3,(H,16,21)/t13-/m0/s1. The molecule has 0 spiro atoms. The number of aryl methyl sites for hydroxylation is 2. The number of carbonyl (C=O) groups is 1. The third-order valence-corrected chi connectivity index (χ3v) is 4.95. The van der Waals surface area contributed by atoms with Crippen LogP contribution in [0.15, 0.2) is 17.6 Å². The van der Waals surface area contributed by atoms with E-state index in [0.717, 1.165) is 22.8 Å². The van der Waals surface area contributed by atoms with Crippen LogP contribution in [0.25, 0.3) is 0 Å². The number of thiazole rings is 1. The number of nitrogens with one attached hydrogen (secondary N) is 1. The monoisotopic (exact) mass is 335 g/mol. The van der Waals surface area contributed by atoms with Gasteiger partial charge in [0.05, 0.1) is 13.2 Å². The maximum Gasteiger partial charge on any atom is 0.318 e. The van der Waals surface area contributed by atoms with Crippen molar-refractivity contribution in [2.24, 2.45) is 7.05 Å². The van der Waals surface area contributed by atoms with Gasteiger partial charge in [-0.1, -0.05) is 0 Å². The zero-order valence-corrected chi connectivity index (χ0v) is 14.2. The van der Waals surface area contributed by atoms with E-state index in [9.17, 15) is 4.79 Å². The summed E-state index contributed by atoms with van der Waals surface area (Å²) in [7, 11) is 1.90. The minimum atomic E-state index is -0.0980. The number of nitrogens with zero attached hydrogens (tertiary/aromatic N) is 4. The molecule has 8 heteroatoms. The van der Waals surface area contributed by atoms with E-state index < -0.39 is 0 Å². The van der Waals surface area contributed by atoms with Crippen LogP contribution in [0, 0.1) is 6.92 Å². The van der Waals surface area contributed by atoms with Gasteiger partial charge in [0.15, 0.2) is 0 Å². The average Bonchev–Trinajstić information content (AvgIpc) is 3.16. The van der Waals surface area contributed by atoms with E-state index >= 15 is 0 Å². The second-order valence-corrected chi connectivity index (χ2v) is 6.43. The molecule has 2 aromatic heterocycles.